The smallest absolute Gasteiger partial charge is 0.140 e. The maximum absolute atomic E-state index is 13.1. The summed E-state index contributed by atoms with van der Waals surface area (Å²) in [5, 5.41) is 12.1. The molecule has 1 N–H and O–H groups in total. The van der Waals surface area contributed by atoms with Gasteiger partial charge in [0.25, 0.3) is 0 Å². The molecule has 1 aromatic rings. The molecule has 0 unspecified atom stereocenters. The standard InChI is InChI=1S/C15H22FN3/c1-3-8-19(4-2)9-7-18-12-13-5-6-15(16)14(10-13)11-17/h5-6,10,18H,3-4,7-9,12H2,1-2H3. The Bertz CT molecular complexity index is 426. The van der Waals surface area contributed by atoms with E-state index < -0.39 is 5.82 Å². The van der Waals surface area contributed by atoms with Crippen molar-refractivity contribution in [2.45, 2.75) is 26.8 Å². The molecule has 0 aliphatic rings. The Morgan fingerprint density at radius 2 is 2.11 bits per heavy atom. The van der Waals surface area contributed by atoms with Gasteiger partial charge in [-0.05, 0) is 37.2 Å². The minimum Gasteiger partial charge on any atom is -0.311 e. The molecule has 0 radical (unpaired) electrons. The average molecular weight is 263 g/mol. The summed E-state index contributed by atoms with van der Waals surface area (Å²) < 4.78 is 13.1. The second kappa shape index (κ2) is 8.63. The Morgan fingerprint density at radius 3 is 2.74 bits per heavy atom. The lowest BCUT2D eigenvalue weighted by molar-refractivity contribution is 0.287. The van der Waals surface area contributed by atoms with Crippen molar-refractivity contribution in [3.63, 3.8) is 0 Å². The molecule has 0 bridgehead atoms. The molecule has 0 heterocycles. The molecular formula is C15H22FN3. The van der Waals surface area contributed by atoms with E-state index in [0.717, 1.165) is 38.2 Å². The highest BCUT2D eigenvalue weighted by Crippen LogP contribution is 2.09. The van der Waals surface area contributed by atoms with E-state index in [9.17, 15) is 4.39 Å². The van der Waals surface area contributed by atoms with Gasteiger partial charge in [0.1, 0.15) is 11.9 Å². The van der Waals surface area contributed by atoms with Gasteiger partial charge >= 0.3 is 0 Å². The van der Waals surface area contributed by atoms with Gasteiger partial charge < -0.3 is 10.2 Å². The van der Waals surface area contributed by atoms with Gasteiger partial charge in [-0.3, -0.25) is 0 Å². The summed E-state index contributed by atoms with van der Waals surface area (Å²) in [6.07, 6.45) is 1.16. The van der Waals surface area contributed by atoms with Crippen molar-refractivity contribution in [2.24, 2.45) is 0 Å². The van der Waals surface area contributed by atoms with Gasteiger partial charge in [0, 0.05) is 19.6 Å². The van der Waals surface area contributed by atoms with Crippen LogP contribution in [0.4, 0.5) is 4.39 Å². The van der Waals surface area contributed by atoms with E-state index in [-0.39, 0.29) is 5.56 Å². The number of nitriles is 1. The van der Waals surface area contributed by atoms with Crippen LogP contribution >= 0.6 is 0 Å². The lowest BCUT2D eigenvalue weighted by Crippen LogP contribution is -2.32. The maximum atomic E-state index is 13.1. The summed E-state index contributed by atoms with van der Waals surface area (Å²) in [6.45, 7) is 9.09. The normalized spacial score (nSPS) is 10.7. The average Bonchev–Trinajstić information content (AvgIpc) is 2.43. The number of hydrogen-bond acceptors (Lipinski definition) is 3. The molecule has 0 amide bonds. The zero-order chi connectivity index (χ0) is 14.1. The monoisotopic (exact) mass is 263 g/mol. The molecule has 0 spiro atoms. The van der Waals surface area contributed by atoms with Gasteiger partial charge in [-0.25, -0.2) is 4.39 Å². The molecule has 0 aromatic heterocycles. The Morgan fingerprint density at radius 1 is 1.32 bits per heavy atom. The van der Waals surface area contributed by atoms with Crippen LogP contribution in [-0.2, 0) is 6.54 Å². The second-order valence-corrected chi connectivity index (χ2v) is 4.54. The molecule has 3 nitrogen and oxygen atoms in total. The number of hydrogen-bond donors (Lipinski definition) is 1. The van der Waals surface area contributed by atoms with E-state index in [1.54, 1.807) is 12.1 Å². The lowest BCUT2D eigenvalue weighted by Gasteiger charge is -2.19. The predicted octanol–water partition coefficient (Wildman–Crippen LogP) is 2.52. The quantitative estimate of drug-likeness (QED) is 0.733. The van der Waals surface area contributed by atoms with E-state index in [0.29, 0.717) is 6.54 Å². The van der Waals surface area contributed by atoms with Gasteiger partial charge in [0.2, 0.25) is 0 Å². The molecule has 19 heavy (non-hydrogen) atoms. The van der Waals surface area contributed by atoms with Crippen LogP contribution < -0.4 is 5.32 Å². The minimum absolute atomic E-state index is 0.112. The van der Waals surface area contributed by atoms with Crippen molar-refractivity contribution in [3.05, 3.63) is 35.1 Å². The van der Waals surface area contributed by atoms with Crippen molar-refractivity contribution in [3.8, 4) is 6.07 Å². The van der Waals surface area contributed by atoms with Crippen LogP contribution in [0.1, 0.15) is 31.4 Å². The minimum atomic E-state index is -0.452. The van der Waals surface area contributed by atoms with Crippen LogP contribution in [0, 0.1) is 17.1 Å². The fraction of sp³-hybridized carbons (Fsp3) is 0.533. The first-order valence-electron chi connectivity index (χ1n) is 6.82. The Hall–Kier alpha value is -1.44. The van der Waals surface area contributed by atoms with Crippen LogP contribution in [0.25, 0.3) is 0 Å². The van der Waals surface area contributed by atoms with Crippen LogP contribution in [0.3, 0.4) is 0 Å². The van der Waals surface area contributed by atoms with E-state index >= 15 is 0 Å². The first kappa shape index (κ1) is 15.6. The SMILES string of the molecule is CCCN(CC)CCNCc1ccc(F)c(C#N)c1. The molecule has 0 aliphatic carbocycles. The fourth-order valence-electron chi connectivity index (χ4n) is 1.98. The molecule has 4 heteroatoms. The van der Waals surface area contributed by atoms with Gasteiger partial charge in [-0.15, -0.1) is 0 Å². The van der Waals surface area contributed by atoms with Gasteiger partial charge in [-0.2, -0.15) is 5.26 Å². The summed E-state index contributed by atoms with van der Waals surface area (Å²) in [4.78, 5) is 2.39. The molecule has 1 rings (SSSR count). The Balaban J connectivity index is 2.35. The van der Waals surface area contributed by atoms with Crippen LogP contribution in [0.15, 0.2) is 18.2 Å². The maximum Gasteiger partial charge on any atom is 0.140 e. The third-order valence-electron chi connectivity index (χ3n) is 3.07. The summed E-state index contributed by atoms with van der Waals surface area (Å²) in [7, 11) is 0. The first-order chi connectivity index (χ1) is 9.21. The third kappa shape index (κ3) is 5.37. The van der Waals surface area contributed by atoms with Crippen molar-refractivity contribution in [1.82, 2.24) is 10.2 Å². The number of halogens is 1. The summed E-state index contributed by atoms with van der Waals surface area (Å²) >= 11 is 0. The largest absolute Gasteiger partial charge is 0.311 e. The Labute approximate surface area is 115 Å². The molecule has 0 saturated carbocycles. The highest BCUT2D eigenvalue weighted by molar-refractivity contribution is 5.34. The zero-order valence-corrected chi connectivity index (χ0v) is 11.7. The summed E-state index contributed by atoms with van der Waals surface area (Å²) in [5.41, 5.74) is 1.05. The van der Waals surface area contributed by atoms with Crippen molar-refractivity contribution >= 4 is 0 Å². The van der Waals surface area contributed by atoms with E-state index in [1.165, 1.54) is 6.07 Å². The topological polar surface area (TPSA) is 39.1 Å². The highest BCUT2D eigenvalue weighted by atomic mass is 19.1. The van der Waals surface area contributed by atoms with Crippen LogP contribution in [0.5, 0.6) is 0 Å². The van der Waals surface area contributed by atoms with E-state index in [2.05, 4.69) is 24.1 Å². The van der Waals surface area contributed by atoms with Crippen molar-refractivity contribution in [1.29, 1.82) is 5.26 Å². The fourth-order valence-corrected chi connectivity index (χ4v) is 1.98. The summed E-state index contributed by atoms with van der Waals surface area (Å²) in [6, 6.07) is 6.53. The zero-order valence-electron chi connectivity index (χ0n) is 11.7. The number of benzene rings is 1. The molecule has 1 aromatic carbocycles. The third-order valence-corrected chi connectivity index (χ3v) is 3.07. The number of likely N-dealkylation sites (N-methyl/N-ethyl adjacent to an activating group) is 1. The van der Waals surface area contributed by atoms with Gasteiger partial charge in [0.15, 0.2) is 0 Å². The molecule has 0 saturated heterocycles. The van der Waals surface area contributed by atoms with E-state index in [4.69, 9.17) is 5.26 Å². The van der Waals surface area contributed by atoms with E-state index in [1.807, 2.05) is 6.07 Å². The van der Waals surface area contributed by atoms with Gasteiger partial charge in [-0.1, -0.05) is 19.9 Å². The molecule has 0 fully saturated rings. The molecule has 0 aliphatic heterocycles. The van der Waals surface area contributed by atoms with Crippen molar-refractivity contribution < 1.29 is 4.39 Å². The number of nitrogens with zero attached hydrogens (tertiary/aromatic N) is 2. The first-order valence-corrected chi connectivity index (χ1v) is 6.82. The lowest BCUT2D eigenvalue weighted by atomic mass is 10.1. The van der Waals surface area contributed by atoms with Crippen LogP contribution in [0.2, 0.25) is 0 Å². The second-order valence-electron chi connectivity index (χ2n) is 4.54. The summed E-state index contributed by atoms with van der Waals surface area (Å²) in [5.74, 6) is -0.452. The van der Waals surface area contributed by atoms with Crippen molar-refractivity contribution in [2.75, 3.05) is 26.2 Å². The van der Waals surface area contributed by atoms with Crippen LogP contribution in [-0.4, -0.2) is 31.1 Å². The molecule has 104 valence electrons. The molecular weight excluding hydrogens is 241 g/mol. The Kier molecular flexibility index (Phi) is 7.09. The number of nitrogens with one attached hydrogen (secondary N) is 1. The van der Waals surface area contributed by atoms with Gasteiger partial charge in [0.05, 0.1) is 5.56 Å². The highest BCUT2D eigenvalue weighted by Gasteiger charge is 2.03. The molecule has 0 atom stereocenters. The number of rotatable bonds is 8. The predicted molar refractivity (Wildman–Crippen MR) is 75.2 cm³/mol.